The number of ether oxygens (including phenoxy) is 2. The number of aliphatic hydroxyl groups is 1. The summed E-state index contributed by atoms with van der Waals surface area (Å²) in [7, 11) is 0. The number of esters is 1. The number of aromatic hydroxyl groups is 1. The average Bonchev–Trinajstić information content (AvgIpc) is 3.44. The second kappa shape index (κ2) is 12.0. The standard InChI is InChI=1S/C29H28N2O7S/c1-4-6-15-37-21-9-7-8-19(16-21)24(33)22-23(18-10-12-20(32)13-11-18)31(27(35)25(22)34)29-30-17(3)26(39-29)28(36)38-14-5-2/h5,7-13,16,23,32-33H,2,4,6,14-15H2,1,3H3/b24-22+. The van der Waals surface area contributed by atoms with Crippen LogP contribution in [0.4, 0.5) is 5.13 Å². The largest absolute Gasteiger partial charge is 0.508 e. The number of Topliss-reactive ketones (excluding diaryl/α,β-unsaturated/α-hetero) is 1. The molecule has 0 aliphatic carbocycles. The molecule has 1 aliphatic heterocycles. The number of aryl methyl sites for hydroxylation is 1. The molecule has 9 nitrogen and oxygen atoms in total. The van der Waals surface area contributed by atoms with Gasteiger partial charge in [-0.05, 0) is 43.2 Å². The number of carbonyl (C=O) groups is 3. The molecule has 202 valence electrons. The van der Waals surface area contributed by atoms with Gasteiger partial charge in [0.15, 0.2) is 5.13 Å². The van der Waals surface area contributed by atoms with Crippen LogP contribution < -0.4 is 9.64 Å². The van der Waals surface area contributed by atoms with E-state index >= 15 is 0 Å². The van der Waals surface area contributed by atoms with Crippen molar-refractivity contribution in [3.8, 4) is 11.5 Å². The van der Waals surface area contributed by atoms with E-state index < -0.39 is 23.7 Å². The van der Waals surface area contributed by atoms with Crippen molar-refractivity contribution >= 4 is 39.9 Å². The van der Waals surface area contributed by atoms with E-state index in [4.69, 9.17) is 9.47 Å². The number of benzene rings is 2. The van der Waals surface area contributed by atoms with Gasteiger partial charge in [-0.2, -0.15) is 0 Å². The number of nitrogens with zero attached hydrogens (tertiary/aromatic N) is 2. The molecule has 0 bridgehead atoms. The lowest BCUT2D eigenvalue weighted by Crippen LogP contribution is -2.29. The second-order valence-electron chi connectivity index (χ2n) is 8.79. The Morgan fingerprint density at radius 3 is 2.64 bits per heavy atom. The van der Waals surface area contributed by atoms with E-state index in [0.29, 0.717) is 29.2 Å². The molecule has 1 amide bonds. The summed E-state index contributed by atoms with van der Waals surface area (Å²) in [5, 5.41) is 21.3. The number of phenolic OH excluding ortho intramolecular Hbond substituents is 1. The normalized spacial score (nSPS) is 16.4. The average molecular weight is 549 g/mol. The highest BCUT2D eigenvalue weighted by molar-refractivity contribution is 7.17. The highest BCUT2D eigenvalue weighted by Gasteiger charge is 2.48. The van der Waals surface area contributed by atoms with E-state index in [1.165, 1.54) is 18.2 Å². The van der Waals surface area contributed by atoms with Crippen molar-refractivity contribution in [2.75, 3.05) is 18.1 Å². The number of carbonyl (C=O) groups excluding carboxylic acids is 3. The SMILES string of the molecule is C=CCOC(=O)c1sc(N2C(=O)C(=O)/C(=C(/O)c3cccc(OCCCC)c3)C2c2ccc(O)cc2)nc1C. The predicted octanol–water partition coefficient (Wildman–Crippen LogP) is 5.31. The third-order valence-corrected chi connectivity index (χ3v) is 7.17. The zero-order chi connectivity index (χ0) is 28.1. The molecule has 10 heteroatoms. The number of hydrogen-bond donors (Lipinski definition) is 2. The van der Waals surface area contributed by atoms with Gasteiger partial charge in [0, 0.05) is 5.56 Å². The van der Waals surface area contributed by atoms with Crippen LogP contribution in [-0.2, 0) is 14.3 Å². The highest BCUT2D eigenvalue weighted by Crippen LogP contribution is 2.44. The lowest BCUT2D eigenvalue weighted by Gasteiger charge is -2.23. The Hall–Kier alpha value is -4.44. The summed E-state index contributed by atoms with van der Waals surface area (Å²) in [4.78, 5) is 45.0. The number of unbranched alkanes of at least 4 members (excludes halogenated alkanes) is 1. The summed E-state index contributed by atoms with van der Waals surface area (Å²) in [6.07, 6.45) is 3.25. The van der Waals surface area contributed by atoms with E-state index in [1.54, 1.807) is 43.3 Å². The maximum absolute atomic E-state index is 13.4. The minimum atomic E-state index is -1.07. The summed E-state index contributed by atoms with van der Waals surface area (Å²) in [6, 6.07) is 11.5. The monoisotopic (exact) mass is 548 g/mol. The number of anilines is 1. The maximum atomic E-state index is 13.4. The van der Waals surface area contributed by atoms with Crippen LogP contribution in [-0.4, -0.2) is 46.1 Å². The molecule has 0 saturated carbocycles. The van der Waals surface area contributed by atoms with Crippen LogP contribution in [0, 0.1) is 6.92 Å². The molecule has 1 aliphatic rings. The van der Waals surface area contributed by atoms with Crippen LogP contribution in [0.15, 0.2) is 66.8 Å². The highest BCUT2D eigenvalue weighted by atomic mass is 32.1. The van der Waals surface area contributed by atoms with Gasteiger partial charge < -0.3 is 19.7 Å². The molecule has 2 N–H and O–H groups in total. The van der Waals surface area contributed by atoms with Crippen LogP contribution >= 0.6 is 11.3 Å². The van der Waals surface area contributed by atoms with Gasteiger partial charge >= 0.3 is 11.9 Å². The summed E-state index contributed by atoms with van der Waals surface area (Å²) in [6.45, 7) is 7.67. The fraction of sp³-hybridized carbons (Fsp3) is 0.241. The van der Waals surface area contributed by atoms with Crippen LogP contribution in [0.2, 0.25) is 0 Å². The number of ketones is 1. The molecular weight excluding hydrogens is 520 g/mol. The van der Waals surface area contributed by atoms with Crippen molar-refractivity contribution in [2.45, 2.75) is 32.7 Å². The van der Waals surface area contributed by atoms with Crippen molar-refractivity contribution in [2.24, 2.45) is 0 Å². The Labute approximate surface area is 229 Å². The fourth-order valence-corrected chi connectivity index (χ4v) is 5.09. The van der Waals surface area contributed by atoms with Gasteiger partial charge in [0.1, 0.15) is 28.7 Å². The Morgan fingerprint density at radius 1 is 1.21 bits per heavy atom. The van der Waals surface area contributed by atoms with Crippen molar-refractivity contribution in [1.29, 1.82) is 0 Å². The van der Waals surface area contributed by atoms with E-state index in [2.05, 4.69) is 11.6 Å². The molecule has 4 rings (SSSR count). The lowest BCUT2D eigenvalue weighted by atomic mass is 9.95. The molecule has 1 atom stereocenters. The molecule has 1 fully saturated rings. The molecule has 2 heterocycles. The predicted molar refractivity (Wildman–Crippen MR) is 147 cm³/mol. The van der Waals surface area contributed by atoms with Gasteiger partial charge in [-0.3, -0.25) is 14.5 Å². The number of rotatable bonds is 10. The van der Waals surface area contributed by atoms with Crippen molar-refractivity contribution < 1.29 is 34.1 Å². The van der Waals surface area contributed by atoms with E-state index in [9.17, 15) is 24.6 Å². The quantitative estimate of drug-likeness (QED) is 0.0872. The van der Waals surface area contributed by atoms with E-state index in [0.717, 1.165) is 29.1 Å². The number of hydrogen-bond acceptors (Lipinski definition) is 9. The van der Waals surface area contributed by atoms with Gasteiger partial charge in [-0.1, -0.05) is 61.6 Å². The van der Waals surface area contributed by atoms with Crippen LogP contribution in [0.1, 0.15) is 52.3 Å². The molecular formula is C29H28N2O7S. The molecule has 39 heavy (non-hydrogen) atoms. The van der Waals surface area contributed by atoms with E-state index in [-0.39, 0.29) is 33.7 Å². The first-order valence-electron chi connectivity index (χ1n) is 12.3. The Balaban J connectivity index is 1.82. The number of aromatic nitrogens is 1. The summed E-state index contributed by atoms with van der Waals surface area (Å²) >= 11 is 0.905. The number of thiazole rings is 1. The Kier molecular flexibility index (Phi) is 8.46. The molecule has 1 aromatic heterocycles. The molecule has 1 unspecified atom stereocenters. The summed E-state index contributed by atoms with van der Waals surface area (Å²) in [5.74, 6) is -2.33. The van der Waals surface area contributed by atoms with Crippen LogP contribution in [0.25, 0.3) is 5.76 Å². The van der Waals surface area contributed by atoms with Crippen molar-refractivity contribution in [1.82, 2.24) is 4.98 Å². The number of aliphatic hydroxyl groups excluding tert-OH is 1. The minimum absolute atomic E-state index is 0.00471. The Bertz CT molecular complexity index is 1440. The van der Waals surface area contributed by atoms with Crippen LogP contribution in [0.5, 0.6) is 11.5 Å². The maximum Gasteiger partial charge on any atom is 0.350 e. The second-order valence-corrected chi connectivity index (χ2v) is 9.77. The zero-order valence-electron chi connectivity index (χ0n) is 21.5. The number of amides is 1. The van der Waals surface area contributed by atoms with Gasteiger partial charge in [-0.15, -0.1) is 0 Å². The minimum Gasteiger partial charge on any atom is -0.508 e. The third kappa shape index (κ3) is 5.70. The fourth-order valence-electron chi connectivity index (χ4n) is 4.10. The first-order chi connectivity index (χ1) is 18.8. The molecule has 1 saturated heterocycles. The van der Waals surface area contributed by atoms with Crippen molar-refractivity contribution in [3.05, 3.63) is 88.5 Å². The van der Waals surface area contributed by atoms with Gasteiger partial charge in [-0.25, -0.2) is 9.78 Å². The summed E-state index contributed by atoms with van der Waals surface area (Å²) in [5.41, 5.74) is 0.926. The first kappa shape index (κ1) is 27.6. The van der Waals surface area contributed by atoms with Gasteiger partial charge in [0.25, 0.3) is 5.78 Å². The van der Waals surface area contributed by atoms with Crippen molar-refractivity contribution in [3.63, 3.8) is 0 Å². The van der Waals surface area contributed by atoms with Gasteiger partial charge in [0.2, 0.25) is 0 Å². The smallest absolute Gasteiger partial charge is 0.350 e. The lowest BCUT2D eigenvalue weighted by molar-refractivity contribution is -0.132. The first-order valence-corrected chi connectivity index (χ1v) is 13.2. The zero-order valence-corrected chi connectivity index (χ0v) is 22.4. The molecule has 2 aromatic carbocycles. The Morgan fingerprint density at radius 2 is 1.95 bits per heavy atom. The van der Waals surface area contributed by atoms with Crippen LogP contribution in [0.3, 0.4) is 0 Å². The topological polar surface area (TPSA) is 126 Å². The molecule has 3 aromatic rings. The number of phenols is 1. The van der Waals surface area contributed by atoms with Gasteiger partial charge in [0.05, 0.1) is 23.9 Å². The summed E-state index contributed by atoms with van der Waals surface area (Å²) < 4.78 is 10.9. The third-order valence-electron chi connectivity index (χ3n) is 6.04. The molecule has 0 spiro atoms. The van der Waals surface area contributed by atoms with E-state index in [1.807, 2.05) is 6.92 Å². The molecule has 0 radical (unpaired) electrons.